The first-order valence-corrected chi connectivity index (χ1v) is 6.23. The van der Waals surface area contributed by atoms with E-state index in [9.17, 15) is 9.59 Å². The van der Waals surface area contributed by atoms with E-state index >= 15 is 0 Å². The first-order valence-electron chi connectivity index (χ1n) is 6.23. The van der Waals surface area contributed by atoms with Crippen molar-refractivity contribution >= 4 is 11.9 Å². The molecule has 7 nitrogen and oxygen atoms in total. The Morgan fingerprint density at radius 1 is 1.47 bits per heavy atom. The van der Waals surface area contributed by atoms with Gasteiger partial charge in [0.15, 0.2) is 11.4 Å². The van der Waals surface area contributed by atoms with Crippen LogP contribution >= 0.6 is 0 Å². The summed E-state index contributed by atoms with van der Waals surface area (Å²) >= 11 is 0. The number of nitrogens with zero attached hydrogens (tertiary/aromatic N) is 3. The Labute approximate surface area is 111 Å². The summed E-state index contributed by atoms with van der Waals surface area (Å²) in [5.74, 6) is -1.51. The molecule has 1 aromatic rings. The van der Waals surface area contributed by atoms with Gasteiger partial charge in [0.25, 0.3) is 5.91 Å². The van der Waals surface area contributed by atoms with Crippen molar-refractivity contribution in [3.63, 3.8) is 0 Å². The molecule has 104 valence electrons. The molecule has 19 heavy (non-hydrogen) atoms. The third kappa shape index (κ3) is 2.76. The fourth-order valence-electron chi connectivity index (χ4n) is 2.33. The maximum Gasteiger partial charge on any atom is 0.354 e. The fraction of sp³-hybridized carbons (Fsp3) is 0.583. The number of aromatic nitrogens is 2. The fourth-order valence-corrected chi connectivity index (χ4v) is 2.33. The number of carbonyl (C=O) groups is 2. The van der Waals surface area contributed by atoms with E-state index in [4.69, 9.17) is 5.11 Å². The highest BCUT2D eigenvalue weighted by atomic mass is 16.4. The summed E-state index contributed by atoms with van der Waals surface area (Å²) in [6.45, 7) is 1.88. The smallest absolute Gasteiger partial charge is 0.354 e. The van der Waals surface area contributed by atoms with Gasteiger partial charge < -0.3 is 19.9 Å². The number of imidazole rings is 1. The molecule has 0 bridgehead atoms. The highest BCUT2D eigenvalue weighted by molar-refractivity contribution is 6.02. The van der Waals surface area contributed by atoms with Gasteiger partial charge in [-0.15, -0.1) is 0 Å². The van der Waals surface area contributed by atoms with Crippen LogP contribution in [0.1, 0.15) is 33.8 Å². The van der Waals surface area contributed by atoms with Gasteiger partial charge in [-0.3, -0.25) is 4.79 Å². The lowest BCUT2D eigenvalue weighted by Gasteiger charge is -2.34. The number of hydrogen-bond donors (Lipinski definition) is 2. The van der Waals surface area contributed by atoms with Crippen LogP contribution in [0.25, 0.3) is 0 Å². The minimum absolute atomic E-state index is 0.0195. The lowest BCUT2D eigenvalue weighted by atomic mass is 10.0. The summed E-state index contributed by atoms with van der Waals surface area (Å²) in [6, 6.07) is 0.141. The second kappa shape index (κ2) is 5.40. The summed E-state index contributed by atoms with van der Waals surface area (Å²) in [4.78, 5) is 33.4. The Bertz CT molecular complexity index is 477. The predicted molar refractivity (Wildman–Crippen MR) is 68.2 cm³/mol. The summed E-state index contributed by atoms with van der Waals surface area (Å²) in [6.07, 6.45) is 3.02. The van der Waals surface area contributed by atoms with E-state index in [-0.39, 0.29) is 23.3 Å². The van der Waals surface area contributed by atoms with E-state index in [2.05, 4.69) is 14.9 Å². The van der Waals surface area contributed by atoms with Crippen molar-refractivity contribution in [1.82, 2.24) is 19.8 Å². The molecule has 2 rings (SSSR count). The van der Waals surface area contributed by atoms with Crippen molar-refractivity contribution < 1.29 is 14.7 Å². The Balaban J connectivity index is 2.10. The van der Waals surface area contributed by atoms with E-state index < -0.39 is 5.97 Å². The van der Waals surface area contributed by atoms with Crippen molar-refractivity contribution in [2.24, 2.45) is 0 Å². The molecule has 0 atom stereocenters. The minimum Gasteiger partial charge on any atom is -0.477 e. The summed E-state index contributed by atoms with van der Waals surface area (Å²) < 4.78 is 0. The standard InChI is InChI=1S/C12H18N4O3/c1-15-5-3-8(4-6-15)16(2)11(17)9-10(12(18)19)14-7-13-9/h7-8H,3-6H2,1-2H3,(H,13,14)(H,18,19). The van der Waals surface area contributed by atoms with Crippen molar-refractivity contribution in [1.29, 1.82) is 0 Å². The first kappa shape index (κ1) is 13.5. The number of carboxylic acid groups (broad SMARTS) is 1. The van der Waals surface area contributed by atoms with E-state index in [1.807, 2.05) is 7.05 Å². The van der Waals surface area contributed by atoms with Gasteiger partial charge in [-0.1, -0.05) is 0 Å². The maximum absolute atomic E-state index is 12.3. The second-order valence-electron chi connectivity index (χ2n) is 4.88. The molecule has 1 saturated heterocycles. The lowest BCUT2D eigenvalue weighted by molar-refractivity contribution is 0.0626. The average molecular weight is 266 g/mol. The quantitative estimate of drug-likeness (QED) is 0.820. The first-order chi connectivity index (χ1) is 9.00. The van der Waals surface area contributed by atoms with E-state index in [1.165, 1.54) is 6.33 Å². The normalized spacial score (nSPS) is 17.4. The van der Waals surface area contributed by atoms with Gasteiger partial charge in [0, 0.05) is 13.1 Å². The van der Waals surface area contributed by atoms with Crippen molar-refractivity contribution in [2.45, 2.75) is 18.9 Å². The number of carbonyl (C=O) groups excluding carboxylic acids is 1. The zero-order chi connectivity index (χ0) is 14.0. The zero-order valence-electron chi connectivity index (χ0n) is 11.1. The molecule has 7 heteroatoms. The number of nitrogens with one attached hydrogen (secondary N) is 1. The Morgan fingerprint density at radius 3 is 2.68 bits per heavy atom. The van der Waals surface area contributed by atoms with Crippen molar-refractivity contribution in [2.75, 3.05) is 27.2 Å². The molecular formula is C12H18N4O3. The van der Waals surface area contributed by atoms with Gasteiger partial charge in [-0.25, -0.2) is 9.78 Å². The van der Waals surface area contributed by atoms with Crippen LogP contribution in [0.4, 0.5) is 0 Å². The number of aromatic amines is 1. The molecule has 2 heterocycles. The molecule has 1 aliphatic heterocycles. The largest absolute Gasteiger partial charge is 0.477 e. The maximum atomic E-state index is 12.3. The SMILES string of the molecule is CN1CCC(N(C)C(=O)c2nc[nH]c2C(=O)O)CC1. The van der Waals surface area contributed by atoms with Gasteiger partial charge in [0.1, 0.15) is 0 Å². The van der Waals surface area contributed by atoms with E-state index in [1.54, 1.807) is 11.9 Å². The van der Waals surface area contributed by atoms with Crippen LogP contribution in [0.15, 0.2) is 6.33 Å². The number of amides is 1. The molecule has 1 aliphatic rings. The van der Waals surface area contributed by atoms with Gasteiger partial charge in [0.05, 0.1) is 6.33 Å². The number of hydrogen-bond acceptors (Lipinski definition) is 4. The monoisotopic (exact) mass is 266 g/mol. The molecule has 0 spiro atoms. The Hall–Kier alpha value is -1.89. The van der Waals surface area contributed by atoms with Gasteiger partial charge in [-0.05, 0) is 33.0 Å². The molecule has 1 amide bonds. The van der Waals surface area contributed by atoms with Gasteiger partial charge in [-0.2, -0.15) is 0 Å². The molecule has 1 fully saturated rings. The summed E-state index contributed by atoms with van der Waals surface area (Å²) in [7, 11) is 3.76. The number of aromatic carboxylic acids is 1. The molecule has 1 aromatic heterocycles. The summed E-state index contributed by atoms with van der Waals surface area (Å²) in [5.41, 5.74) is -0.168. The van der Waals surface area contributed by atoms with Crippen LogP contribution in [-0.4, -0.2) is 70.0 Å². The Morgan fingerprint density at radius 2 is 2.11 bits per heavy atom. The number of likely N-dealkylation sites (tertiary alicyclic amines) is 1. The molecule has 0 unspecified atom stereocenters. The van der Waals surface area contributed by atoms with Crippen LogP contribution in [-0.2, 0) is 0 Å². The number of H-pyrrole nitrogens is 1. The minimum atomic E-state index is -1.17. The van der Waals surface area contributed by atoms with Crippen LogP contribution in [0, 0.1) is 0 Å². The number of carboxylic acids is 1. The third-order valence-corrected chi connectivity index (χ3v) is 3.61. The van der Waals surface area contributed by atoms with E-state index in [0.29, 0.717) is 0 Å². The predicted octanol–water partition coefficient (Wildman–Crippen LogP) is 0.274. The molecular weight excluding hydrogens is 248 g/mol. The van der Waals surface area contributed by atoms with Gasteiger partial charge >= 0.3 is 5.97 Å². The van der Waals surface area contributed by atoms with Crippen molar-refractivity contribution in [3.05, 3.63) is 17.7 Å². The highest BCUT2D eigenvalue weighted by Gasteiger charge is 2.28. The lowest BCUT2D eigenvalue weighted by Crippen LogP contribution is -2.44. The zero-order valence-corrected chi connectivity index (χ0v) is 11.1. The molecule has 0 aromatic carbocycles. The molecule has 0 saturated carbocycles. The average Bonchev–Trinajstić information content (AvgIpc) is 2.87. The van der Waals surface area contributed by atoms with Crippen molar-refractivity contribution in [3.8, 4) is 0 Å². The highest BCUT2D eigenvalue weighted by Crippen LogP contribution is 2.17. The van der Waals surface area contributed by atoms with Crippen LogP contribution in [0.2, 0.25) is 0 Å². The molecule has 2 N–H and O–H groups in total. The molecule has 0 radical (unpaired) electrons. The van der Waals surface area contributed by atoms with Crippen LogP contribution in [0.3, 0.4) is 0 Å². The Kier molecular flexibility index (Phi) is 3.84. The van der Waals surface area contributed by atoms with Crippen LogP contribution < -0.4 is 0 Å². The topological polar surface area (TPSA) is 89.5 Å². The third-order valence-electron chi connectivity index (χ3n) is 3.61. The van der Waals surface area contributed by atoms with Crippen LogP contribution in [0.5, 0.6) is 0 Å². The number of rotatable bonds is 3. The second-order valence-corrected chi connectivity index (χ2v) is 4.88. The summed E-state index contributed by atoms with van der Waals surface area (Å²) in [5, 5.41) is 8.98. The van der Waals surface area contributed by atoms with E-state index in [0.717, 1.165) is 25.9 Å². The van der Waals surface area contributed by atoms with Gasteiger partial charge in [0.2, 0.25) is 0 Å². The molecule has 0 aliphatic carbocycles. The number of piperidine rings is 1.